The molecule has 2 amide bonds. The average Bonchev–Trinajstić information content (AvgIpc) is 3.04. The number of carbonyl (C=O) groups excluding carboxylic acids is 2. The van der Waals surface area contributed by atoms with Gasteiger partial charge in [0.25, 0.3) is 23.5 Å². The van der Waals surface area contributed by atoms with E-state index in [4.69, 9.17) is 27.7 Å². The van der Waals surface area contributed by atoms with Gasteiger partial charge in [0.05, 0.1) is 0 Å². The van der Waals surface area contributed by atoms with Crippen molar-refractivity contribution in [2.24, 2.45) is 0 Å². The van der Waals surface area contributed by atoms with Crippen LogP contribution in [0.2, 0.25) is 10.0 Å². The van der Waals surface area contributed by atoms with Crippen LogP contribution in [0.3, 0.4) is 0 Å². The van der Waals surface area contributed by atoms with Crippen LogP contribution in [0.15, 0.2) is 47.0 Å². The fourth-order valence-electron chi connectivity index (χ4n) is 2.13. The van der Waals surface area contributed by atoms with E-state index in [9.17, 15) is 9.59 Å². The van der Waals surface area contributed by atoms with E-state index in [1.165, 1.54) is 12.1 Å². The average molecular weight is 376 g/mol. The van der Waals surface area contributed by atoms with Crippen LogP contribution in [0.5, 0.6) is 0 Å². The highest BCUT2D eigenvalue weighted by Crippen LogP contribution is 2.23. The molecule has 25 heavy (non-hydrogen) atoms. The summed E-state index contributed by atoms with van der Waals surface area (Å²) in [4.78, 5) is 28.1. The molecular formula is C17H11Cl2N3O3. The Morgan fingerprint density at radius 2 is 1.72 bits per heavy atom. The second-order valence-corrected chi connectivity index (χ2v) is 6.10. The summed E-state index contributed by atoms with van der Waals surface area (Å²) in [5.41, 5.74) is 1.78. The lowest BCUT2D eigenvalue weighted by atomic mass is 10.1. The highest BCUT2D eigenvalue weighted by atomic mass is 35.5. The van der Waals surface area contributed by atoms with Crippen molar-refractivity contribution in [2.45, 2.75) is 6.92 Å². The number of carbonyl (C=O) groups is 2. The Kier molecular flexibility index (Phi) is 4.83. The predicted molar refractivity (Wildman–Crippen MR) is 92.7 cm³/mol. The van der Waals surface area contributed by atoms with E-state index >= 15 is 0 Å². The minimum absolute atomic E-state index is 0.134. The van der Waals surface area contributed by atoms with Crippen molar-refractivity contribution < 1.29 is 14.1 Å². The van der Waals surface area contributed by atoms with E-state index in [1.54, 1.807) is 30.3 Å². The van der Waals surface area contributed by atoms with Crippen molar-refractivity contribution in [3.05, 3.63) is 69.5 Å². The summed E-state index contributed by atoms with van der Waals surface area (Å²) in [5, 5.41) is 6.79. The van der Waals surface area contributed by atoms with Crippen LogP contribution in [0, 0.1) is 6.92 Å². The molecular weight excluding hydrogens is 365 g/mol. The molecule has 0 fully saturated rings. The van der Waals surface area contributed by atoms with Gasteiger partial charge in [-0.1, -0.05) is 28.4 Å². The fourth-order valence-corrected chi connectivity index (χ4v) is 2.54. The zero-order chi connectivity index (χ0) is 18.0. The molecule has 0 radical (unpaired) electrons. The van der Waals surface area contributed by atoms with Crippen molar-refractivity contribution in [2.75, 3.05) is 0 Å². The fraction of sp³-hybridized carbons (Fsp3) is 0.0588. The number of nitrogens with zero attached hydrogens (tertiary/aromatic N) is 2. The van der Waals surface area contributed by atoms with Gasteiger partial charge in [0, 0.05) is 21.2 Å². The summed E-state index contributed by atoms with van der Waals surface area (Å²) in [6.45, 7) is 1.87. The molecule has 8 heteroatoms. The molecule has 0 spiro atoms. The molecule has 0 bridgehead atoms. The maximum atomic E-state index is 12.1. The van der Waals surface area contributed by atoms with Gasteiger partial charge >= 0.3 is 0 Å². The third-order valence-corrected chi connectivity index (χ3v) is 3.72. The first-order valence-corrected chi connectivity index (χ1v) is 7.90. The number of hydrogen-bond donors (Lipinski definition) is 1. The Hall–Kier alpha value is -2.70. The Labute approximate surface area is 152 Å². The molecule has 3 rings (SSSR count). The van der Waals surface area contributed by atoms with Crippen molar-refractivity contribution in [3.8, 4) is 11.5 Å². The van der Waals surface area contributed by atoms with Crippen LogP contribution < -0.4 is 5.32 Å². The van der Waals surface area contributed by atoms with Crippen LogP contribution in [0.4, 0.5) is 0 Å². The number of hydrogen-bond acceptors (Lipinski definition) is 5. The van der Waals surface area contributed by atoms with Gasteiger partial charge in [-0.25, -0.2) is 0 Å². The number of rotatable bonds is 3. The highest BCUT2D eigenvalue weighted by Gasteiger charge is 2.19. The largest absolute Gasteiger partial charge is 0.333 e. The van der Waals surface area contributed by atoms with Crippen LogP contribution in [0.1, 0.15) is 26.5 Å². The van der Waals surface area contributed by atoms with Crippen LogP contribution in [-0.2, 0) is 0 Å². The number of imide groups is 1. The van der Waals surface area contributed by atoms with E-state index < -0.39 is 11.8 Å². The van der Waals surface area contributed by atoms with Gasteiger partial charge in [-0.15, -0.1) is 0 Å². The van der Waals surface area contributed by atoms with Gasteiger partial charge in [0.1, 0.15) is 0 Å². The maximum Gasteiger partial charge on any atom is 0.299 e. The van der Waals surface area contributed by atoms with E-state index in [0.29, 0.717) is 15.6 Å². The lowest BCUT2D eigenvalue weighted by Crippen LogP contribution is -2.31. The molecule has 0 saturated heterocycles. The van der Waals surface area contributed by atoms with E-state index in [2.05, 4.69) is 15.5 Å². The molecule has 0 unspecified atom stereocenters. The van der Waals surface area contributed by atoms with Gasteiger partial charge in [-0.05, 0) is 55.0 Å². The van der Waals surface area contributed by atoms with Crippen LogP contribution in [0.25, 0.3) is 11.5 Å². The molecule has 6 nitrogen and oxygen atoms in total. The summed E-state index contributed by atoms with van der Waals surface area (Å²) < 4.78 is 5.08. The summed E-state index contributed by atoms with van der Waals surface area (Å²) >= 11 is 11.8. The summed E-state index contributed by atoms with van der Waals surface area (Å²) in [6, 6.07) is 11.3. The third kappa shape index (κ3) is 4.04. The molecule has 0 aliphatic heterocycles. The SMILES string of the molecule is Cc1cc(Cl)cc(-c2nc(C(=O)NC(=O)c3ccc(Cl)cc3)no2)c1. The number of nitrogens with one attached hydrogen (secondary N) is 1. The van der Waals surface area contributed by atoms with E-state index in [-0.39, 0.29) is 17.3 Å². The third-order valence-electron chi connectivity index (χ3n) is 3.25. The quantitative estimate of drug-likeness (QED) is 0.701. The Morgan fingerprint density at radius 1 is 1.00 bits per heavy atom. The van der Waals surface area contributed by atoms with Crippen molar-refractivity contribution in [3.63, 3.8) is 0 Å². The molecule has 1 N–H and O–H groups in total. The molecule has 0 atom stereocenters. The van der Waals surface area contributed by atoms with Crippen molar-refractivity contribution in [1.82, 2.24) is 15.5 Å². The second-order valence-electron chi connectivity index (χ2n) is 5.23. The number of benzene rings is 2. The van der Waals surface area contributed by atoms with Gasteiger partial charge in [0.15, 0.2) is 0 Å². The number of halogens is 2. The molecule has 3 aromatic rings. The first kappa shape index (κ1) is 17.1. The summed E-state index contributed by atoms with van der Waals surface area (Å²) in [6.07, 6.45) is 0. The lowest BCUT2D eigenvalue weighted by Gasteiger charge is -2.01. The van der Waals surface area contributed by atoms with Gasteiger partial charge in [-0.3, -0.25) is 14.9 Å². The molecule has 1 heterocycles. The lowest BCUT2D eigenvalue weighted by molar-refractivity contribution is 0.0841. The first-order chi connectivity index (χ1) is 11.9. The number of amides is 2. The molecule has 0 aliphatic carbocycles. The molecule has 0 aliphatic rings. The molecule has 1 aromatic heterocycles. The zero-order valence-corrected chi connectivity index (χ0v) is 14.4. The van der Waals surface area contributed by atoms with Crippen LogP contribution in [-0.4, -0.2) is 22.0 Å². The zero-order valence-electron chi connectivity index (χ0n) is 12.9. The highest BCUT2D eigenvalue weighted by molar-refractivity contribution is 6.31. The molecule has 126 valence electrons. The normalized spacial score (nSPS) is 10.5. The summed E-state index contributed by atoms with van der Waals surface area (Å²) in [5.74, 6) is -1.48. The predicted octanol–water partition coefficient (Wildman–Crippen LogP) is 3.92. The number of aromatic nitrogens is 2. The summed E-state index contributed by atoms with van der Waals surface area (Å²) in [7, 11) is 0. The standard InChI is InChI=1S/C17H11Cl2N3O3/c1-9-6-11(8-13(19)7-9)17-20-14(22-25-17)16(24)21-15(23)10-2-4-12(18)5-3-10/h2-8H,1H3,(H,21,23,24). The van der Waals surface area contributed by atoms with Crippen molar-refractivity contribution >= 4 is 35.0 Å². The smallest absolute Gasteiger partial charge is 0.299 e. The first-order valence-electron chi connectivity index (χ1n) is 7.15. The van der Waals surface area contributed by atoms with Crippen LogP contribution >= 0.6 is 23.2 Å². The maximum absolute atomic E-state index is 12.1. The topological polar surface area (TPSA) is 85.1 Å². The van der Waals surface area contributed by atoms with E-state index in [0.717, 1.165) is 5.56 Å². The minimum atomic E-state index is -0.770. The Bertz CT molecular complexity index is 932. The van der Waals surface area contributed by atoms with Crippen molar-refractivity contribution in [1.29, 1.82) is 0 Å². The van der Waals surface area contributed by atoms with Gasteiger partial charge in [0.2, 0.25) is 0 Å². The van der Waals surface area contributed by atoms with Gasteiger partial charge in [-0.2, -0.15) is 4.98 Å². The monoisotopic (exact) mass is 375 g/mol. The van der Waals surface area contributed by atoms with E-state index in [1.807, 2.05) is 6.92 Å². The Balaban J connectivity index is 1.76. The second kappa shape index (κ2) is 7.04. The minimum Gasteiger partial charge on any atom is -0.333 e. The number of aryl methyl sites for hydroxylation is 1. The Morgan fingerprint density at radius 3 is 2.40 bits per heavy atom. The molecule has 2 aromatic carbocycles. The molecule has 0 saturated carbocycles. The van der Waals surface area contributed by atoms with Gasteiger partial charge < -0.3 is 4.52 Å².